The Balaban J connectivity index is 0.000000457. The topological polar surface area (TPSA) is 46.2 Å². The highest BCUT2D eigenvalue weighted by Crippen LogP contribution is 2.21. The van der Waals surface area contributed by atoms with Gasteiger partial charge in [-0.2, -0.15) is 0 Å². The van der Waals surface area contributed by atoms with E-state index in [2.05, 4.69) is 66.6 Å². The third-order valence-electron chi connectivity index (χ3n) is 2.61. The Morgan fingerprint density at radius 1 is 0.562 bits per heavy atom. The zero-order valence-corrected chi connectivity index (χ0v) is 8.80. The van der Waals surface area contributed by atoms with E-state index in [1.807, 2.05) is 0 Å². The third-order valence-corrected chi connectivity index (χ3v) is 2.61. The summed E-state index contributed by atoms with van der Waals surface area (Å²) in [5.41, 5.74) is 0. The first kappa shape index (κ1) is 10.6. The molecule has 0 aromatic heterocycles. The van der Waals surface area contributed by atoms with Crippen molar-refractivity contribution in [3.05, 3.63) is 60.7 Å². The highest BCUT2D eigenvalue weighted by Gasteiger charge is 1.95. The van der Waals surface area contributed by atoms with Crippen LogP contribution in [0.25, 0.3) is 21.5 Å². The quantitative estimate of drug-likeness (QED) is 0.442. The van der Waals surface area contributed by atoms with Gasteiger partial charge in [0.1, 0.15) is 0 Å². The summed E-state index contributed by atoms with van der Waals surface area (Å²) in [5, 5.41) is 11.7. The molecule has 2 nitrogen and oxygen atoms in total. The van der Waals surface area contributed by atoms with Crippen molar-refractivity contribution in [1.29, 1.82) is 0 Å². The maximum absolute atomic E-state index is 6.50. The number of benzene rings is 3. The summed E-state index contributed by atoms with van der Waals surface area (Å²) in [6, 6.07) is 21.4. The van der Waals surface area contributed by atoms with Crippen molar-refractivity contribution in [3.63, 3.8) is 0 Å². The SMILES string of the molecule is NO.c1ccc2cc3ccccc3cc2c1. The number of hydrogen-bond donors (Lipinski definition) is 2. The summed E-state index contributed by atoms with van der Waals surface area (Å²) in [5.74, 6) is 3.50. The highest BCUT2D eigenvalue weighted by atomic mass is 16.4. The summed E-state index contributed by atoms with van der Waals surface area (Å²) >= 11 is 0. The average Bonchev–Trinajstić information content (AvgIpc) is 2.38. The maximum Gasteiger partial charge on any atom is -0.0178 e. The first-order valence-electron chi connectivity index (χ1n) is 5.07. The molecule has 16 heavy (non-hydrogen) atoms. The second-order valence-corrected chi connectivity index (χ2v) is 3.55. The summed E-state index contributed by atoms with van der Waals surface area (Å²) < 4.78 is 0. The van der Waals surface area contributed by atoms with Gasteiger partial charge in [0.25, 0.3) is 0 Å². The fraction of sp³-hybridized carbons (Fsp3) is 0. The minimum Gasteiger partial charge on any atom is -0.320 e. The van der Waals surface area contributed by atoms with E-state index in [4.69, 9.17) is 5.21 Å². The molecule has 0 saturated heterocycles. The van der Waals surface area contributed by atoms with Crippen LogP contribution in [-0.4, -0.2) is 5.21 Å². The lowest BCUT2D eigenvalue weighted by atomic mass is 10.0. The van der Waals surface area contributed by atoms with E-state index in [1.54, 1.807) is 0 Å². The molecule has 3 aromatic rings. The average molecular weight is 211 g/mol. The Bertz CT molecular complexity index is 499. The van der Waals surface area contributed by atoms with Crippen LogP contribution in [0.5, 0.6) is 0 Å². The highest BCUT2D eigenvalue weighted by molar-refractivity contribution is 5.97. The van der Waals surface area contributed by atoms with E-state index in [0.717, 1.165) is 0 Å². The van der Waals surface area contributed by atoms with Crippen LogP contribution >= 0.6 is 0 Å². The molecule has 0 bridgehead atoms. The predicted octanol–water partition coefficient (Wildman–Crippen LogP) is 3.33. The van der Waals surface area contributed by atoms with E-state index in [1.165, 1.54) is 21.5 Å². The van der Waals surface area contributed by atoms with Crippen molar-refractivity contribution in [2.45, 2.75) is 0 Å². The molecule has 0 amide bonds. The Kier molecular flexibility index (Phi) is 3.15. The number of nitrogens with two attached hydrogens (primary N) is 1. The first-order chi connectivity index (χ1) is 7.93. The normalized spacial score (nSPS) is 9.88. The lowest BCUT2D eigenvalue weighted by Crippen LogP contribution is -1.74. The van der Waals surface area contributed by atoms with Gasteiger partial charge in [-0.3, -0.25) is 0 Å². The molecule has 3 rings (SSSR count). The summed E-state index contributed by atoms with van der Waals surface area (Å²) in [4.78, 5) is 0. The zero-order chi connectivity index (χ0) is 11.4. The Hall–Kier alpha value is -1.90. The Morgan fingerprint density at radius 2 is 0.812 bits per heavy atom. The van der Waals surface area contributed by atoms with Crippen molar-refractivity contribution in [2.24, 2.45) is 5.90 Å². The van der Waals surface area contributed by atoms with E-state index in [0.29, 0.717) is 0 Å². The van der Waals surface area contributed by atoms with Gasteiger partial charge >= 0.3 is 0 Å². The van der Waals surface area contributed by atoms with Crippen LogP contribution in [0.4, 0.5) is 0 Å². The second-order valence-electron chi connectivity index (χ2n) is 3.55. The second kappa shape index (κ2) is 4.75. The molecule has 0 aliphatic rings. The zero-order valence-electron chi connectivity index (χ0n) is 8.80. The fourth-order valence-corrected chi connectivity index (χ4v) is 1.88. The molecule has 80 valence electrons. The van der Waals surface area contributed by atoms with Crippen molar-refractivity contribution >= 4 is 21.5 Å². The lowest BCUT2D eigenvalue weighted by molar-refractivity contribution is 0.311. The minimum absolute atomic E-state index is 1.31. The van der Waals surface area contributed by atoms with Gasteiger partial charge in [-0.15, -0.1) is 0 Å². The van der Waals surface area contributed by atoms with Crippen molar-refractivity contribution in [3.8, 4) is 0 Å². The van der Waals surface area contributed by atoms with Gasteiger partial charge in [0.05, 0.1) is 0 Å². The van der Waals surface area contributed by atoms with E-state index < -0.39 is 0 Å². The molecule has 3 aromatic carbocycles. The number of rotatable bonds is 0. The molecular weight excluding hydrogens is 198 g/mol. The molecule has 3 N–H and O–H groups in total. The van der Waals surface area contributed by atoms with E-state index in [9.17, 15) is 0 Å². The van der Waals surface area contributed by atoms with Gasteiger partial charge < -0.3 is 5.21 Å². The molecule has 0 aliphatic carbocycles. The van der Waals surface area contributed by atoms with Crippen LogP contribution in [0.1, 0.15) is 0 Å². The monoisotopic (exact) mass is 211 g/mol. The molecule has 0 spiro atoms. The standard InChI is InChI=1S/C14H10.H3NO/c1-2-6-12-10-14-8-4-3-7-13(14)9-11(12)5-1;1-2/h1-10H;2H,1H2. The minimum atomic E-state index is 1.31. The van der Waals surface area contributed by atoms with Gasteiger partial charge in [-0.1, -0.05) is 48.5 Å². The molecule has 0 saturated carbocycles. The molecule has 0 aliphatic heterocycles. The lowest BCUT2D eigenvalue weighted by Gasteiger charge is -2.00. The molecule has 0 fully saturated rings. The van der Waals surface area contributed by atoms with Gasteiger partial charge in [0, 0.05) is 0 Å². The summed E-state index contributed by atoms with van der Waals surface area (Å²) in [7, 11) is 0. The molecule has 0 radical (unpaired) electrons. The largest absolute Gasteiger partial charge is 0.320 e. The Labute approximate surface area is 93.9 Å². The van der Waals surface area contributed by atoms with E-state index >= 15 is 0 Å². The van der Waals surface area contributed by atoms with Gasteiger partial charge in [-0.05, 0) is 33.7 Å². The van der Waals surface area contributed by atoms with Gasteiger partial charge in [-0.25, -0.2) is 5.90 Å². The molecule has 0 atom stereocenters. The molecule has 2 heteroatoms. The summed E-state index contributed by atoms with van der Waals surface area (Å²) in [6.07, 6.45) is 0. The van der Waals surface area contributed by atoms with Crippen LogP contribution < -0.4 is 5.90 Å². The summed E-state index contributed by atoms with van der Waals surface area (Å²) in [6.45, 7) is 0. The van der Waals surface area contributed by atoms with Crippen LogP contribution in [0.15, 0.2) is 60.7 Å². The van der Waals surface area contributed by atoms with Crippen molar-refractivity contribution in [2.75, 3.05) is 0 Å². The maximum atomic E-state index is 6.50. The number of hydrogen-bond acceptors (Lipinski definition) is 2. The van der Waals surface area contributed by atoms with Crippen LogP contribution in [0.3, 0.4) is 0 Å². The van der Waals surface area contributed by atoms with E-state index in [-0.39, 0.29) is 0 Å². The fourth-order valence-electron chi connectivity index (χ4n) is 1.88. The molecule has 0 heterocycles. The smallest absolute Gasteiger partial charge is 0.0178 e. The molecular formula is C14H13NO. The predicted molar refractivity (Wildman–Crippen MR) is 67.4 cm³/mol. The van der Waals surface area contributed by atoms with Crippen LogP contribution in [0.2, 0.25) is 0 Å². The van der Waals surface area contributed by atoms with Crippen molar-refractivity contribution in [1.82, 2.24) is 0 Å². The van der Waals surface area contributed by atoms with Crippen molar-refractivity contribution < 1.29 is 5.21 Å². The van der Waals surface area contributed by atoms with Crippen LogP contribution in [0, 0.1) is 0 Å². The van der Waals surface area contributed by atoms with Crippen LogP contribution in [-0.2, 0) is 0 Å². The Morgan fingerprint density at radius 3 is 1.06 bits per heavy atom. The first-order valence-corrected chi connectivity index (χ1v) is 5.07. The molecule has 0 unspecified atom stereocenters. The van der Waals surface area contributed by atoms with Gasteiger partial charge in [0.15, 0.2) is 0 Å². The van der Waals surface area contributed by atoms with Gasteiger partial charge in [0.2, 0.25) is 0 Å². The number of fused-ring (bicyclic) bond motifs is 2. The third kappa shape index (κ3) is 1.89.